The largest absolute Gasteiger partial charge is 0.430 e. The smallest absolute Gasteiger partial charge is 0.369 e. The van der Waals surface area contributed by atoms with E-state index in [1.165, 1.54) is 24.3 Å². The molecule has 1 amide bonds. The van der Waals surface area contributed by atoms with Gasteiger partial charge in [-0.25, -0.2) is 0 Å². The van der Waals surface area contributed by atoms with Crippen molar-refractivity contribution in [2.24, 2.45) is 0 Å². The second-order valence-corrected chi connectivity index (χ2v) is 5.62. The van der Waals surface area contributed by atoms with E-state index in [1.807, 2.05) is 5.32 Å². The molecule has 0 spiro atoms. The Morgan fingerprint density at radius 3 is 1.96 bits per heavy atom. The number of fused-ring (bicyclic) bond motifs is 1. The van der Waals surface area contributed by atoms with Crippen LogP contribution in [-0.2, 0) is 10.4 Å². The Kier molecular flexibility index (Phi) is 4.69. The minimum atomic E-state index is -6.11. The summed E-state index contributed by atoms with van der Waals surface area (Å²) >= 11 is 5.82. The number of rotatable bonds is 2. The lowest BCUT2D eigenvalue weighted by molar-refractivity contribution is -0.375. The van der Waals surface area contributed by atoms with Crippen LogP contribution in [0, 0.1) is 0 Å². The van der Waals surface area contributed by atoms with Crippen LogP contribution in [0.4, 0.5) is 32.0 Å². The number of aliphatic hydroxyl groups is 1. The fraction of sp³-hybridized carbons (Fsp3) is 0.267. The summed E-state index contributed by atoms with van der Waals surface area (Å²) in [5.41, 5.74) is -7.64. The predicted octanol–water partition coefficient (Wildman–Crippen LogP) is 4.76. The van der Waals surface area contributed by atoms with Crippen molar-refractivity contribution in [2.45, 2.75) is 24.9 Å². The summed E-state index contributed by atoms with van der Waals surface area (Å²) in [5.74, 6) is -0.916. The predicted molar refractivity (Wildman–Crippen MR) is 79.3 cm³/mol. The van der Waals surface area contributed by atoms with Gasteiger partial charge in [-0.15, -0.1) is 0 Å². The lowest BCUT2D eigenvalue weighted by atomic mass is 9.88. The van der Waals surface area contributed by atoms with Crippen LogP contribution < -0.4 is 5.32 Å². The quantitative estimate of drug-likeness (QED) is 0.732. The van der Waals surface area contributed by atoms with Crippen LogP contribution in [0.2, 0.25) is 5.02 Å². The van der Waals surface area contributed by atoms with Gasteiger partial charge in [0.2, 0.25) is 5.91 Å². The Balaban J connectivity index is 2.99. The maximum absolute atomic E-state index is 13.2. The summed E-state index contributed by atoms with van der Waals surface area (Å²) in [7, 11) is 0. The van der Waals surface area contributed by atoms with Gasteiger partial charge < -0.3 is 10.4 Å². The highest BCUT2D eigenvalue weighted by atomic mass is 35.5. The second kappa shape index (κ2) is 6.06. The molecule has 0 atom stereocenters. The monoisotopic (exact) mass is 385 g/mol. The van der Waals surface area contributed by atoms with Gasteiger partial charge in [0, 0.05) is 28.3 Å². The molecular weight excluding hydrogens is 376 g/mol. The lowest BCUT2D eigenvalue weighted by Crippen LogP contribution is -2.54. The zero-order valence-electron chi connectivity index (χ0n) is 12.4. The standard InChI is InChI=1S/C15H10ClF6NO2/c1-7(24)23-12-9-5-3-2-4-8(9)11(16)6-10(12)13(25,14(17,18)19)15(20,21)22/h2-6,25H,1H3,(H,23,24). The van der Waals surface area contributed by atoms with Crippen LogP contribution in [0.5, 0.6) is 0 Å². The molecule has 0 saturated heterocycles. The fourth-order valence-corrected chi connectivity index (χ4v) is 2.67. The van der Waals surface area contributed by atoms with Crippen molar-refractivity contribution >= 4 is 34.0 Å². The number of halogens is 7. The van der Waals surface area contributed by atoms with E-state index in [0.29, 0.717) is 6.07 Å². The minimum absolute atomic E-state index is 0.114. The van der Waals surface area contributed by atoms with Gasteiger partial charge in [-0.1, -0.05) is 35.9 Å². The molecule has 0 aromatic heterocycles. The van der Waals surface area contributed by atoms with Gasteiger partial charge in [-0.05, 0) is 6.07 Å². The van der Waals surface area contributed by atoms with Crippen molar-refractivity contribution in [3.8, 4) is 0 Å². The molecule has 0 saturated carbocycles. The van der Waals surface area contributed by atoms with Gasteiger partial charge in [0.05, 0.1) is 5.69 Å². The van der Waals surface area contributed by atoms with Crippen molar-refractivity contribution in [2.75, 3.05) is 5.32 Å². The van der Waals surface area contributed by atoms with Crippen molar-refractivity contribution in [1.29, 1.82) is 0 Å². The number of amides is 1. The summed E-state index contributed by atoms with van der Waals surface area (Å²) in [4.78, 5) is 11.3. The maximum atomic E-state index is 13.2. The number of nitrogens with one attached hydrogen (secondary N) is 1. The minimum Gasteiger partial charge on any atom is -0.369 e. The molecule has 0 aliphatic rings. The molecule has 0 fully saturated rings. The average molecular weight is 386 g/mol. The molecule has 25 heavy (non-hydrogen) atoms. The van der Waals surface area contributed by atoms with E-state index in [0.717, 1.165) is 6.92 Å². The van der Waals surface area contributed by atoms with Crippen molar-refractivity contribution in [1.82, 2.24) is 0 Å². The van der Waals surface area contributed by atoms with E-state index in [2.05, 4.69) is 0 Å². The van der Waals surface area contributed by atoms with Crippen molar-refractivity contribution < 1.29 is 36.2 Å². The lowest BCUT2D eigenvalue weighted by Gasteiger charge is -2.34. The van der Waals surface area contributed by atoms with E-state index in [9.17, 15) is 36.2 Å². The summed E-state index contributed by atoms with van der Waals surface area (Å²) in [6.45, 7) is 0.910. The van der Waals surface area contributed by atoms with Crippen LogP contribution in [0.1, 0.15) is 12.5 Å². The van der Waals surface area contributed by atoms with Crippen molar-refractivity contribution in [3.05, 3.63) is 40.9 Å². The first-order chi connectivity index (χ1) is 11.3. The highest BCUT2D eigenvalue weighted by molar-refractivity contribution is 6.36. The number of carbonyl (C=O) groups excluding carboxylic acids is 1. The van der Waals surface area contributed by atoms with Crippen LogP contribution >= 0.6 is 11.6 Å². The van der Waals surface area contributed by atoms with Gasteiger partial charge in [0.1, 0.15) is 0 Å². The molecule has 2 N–H and O–H groups in total. The molecule has 0 heterocycles. The number of hydrogen-bond acceptors (Lipinski definition) is 2. The summed E-state index contributed by atoms with van der Waals surface area (Å²) in [5, 5.41) is 11.1. The van der Waals surface area contributed by atoms with Crippen LogP contribution in [-0.4, -0.2) is 23.4 Å². The molecule has 10 heteroatoms. The average Bonchev–Trinajstić information content (AvgIpc) is 2.46. The highest BCUT2D eigenvalue weighted by Crippen LogP contribution is 2.53. The van der Waals surface area contributed by atoms with Gasteiger partial charge in [0.15, 0.2) is 0 Å². The zero-order valence-corrected chi connectivity index (χ0v) is 13.1. The normalized spacial score (nSPS) is 13.2. The number of anilines is 1. The third kappa shape index (κ3) is 3.13. The van der Waals surface area contributed by atoms with Crippen LogP contribution in [0.3, 0.4) is 0 Å². The molecule has 0 radical (unpaired) electrons. The number of benzene rings is 2. The maximum Gasteiger partial charge on any atom is 0.430 e. The molecule has 2 aromatic carbocycles. The molecule has 0 unspecified atom stereocenters. The van der Waals surface area contributed by atoms with E-state index in [1.54, 1.807) is 0 Å². The molecule has 2 rings (SSSR count). The first kappa shape index (κ1) is 19.3. The zero-order chi connectivity index (χ0) is 19.2. The molecule has 2 aromatic rings. The summed E-state index contributed by atoms with van der Waals surface area (Å²) in [6, 6.07) is 5.70. The second-order valence-electron chi connectivity index (χ2n) is 5.21. The summed E-state index contributed by atoms with van der Waals surface area (Å²) in [6.07, 6.45) is -12.2. The molecule has 0 bridgehead atoms. The van der Waals surface area contributed by atoms with Gasteiger partial charge in [-0.2, -0.15) is 26.3 Å². The highest BCUT2D eigenvalue weighted by Gasteiger charge is 2.72. The number of carbonyl (C=O) groups is 1. The topological polar surface area (TPSA) is 49.3 Å². The van der Waals surface area contributed by atoms with E-state index in [4.69, 9.17) is 11.6 Å². The Hall–Kier alpha value is -2.00. The molecule has 136 valence electrons. The molecule has 0 aliphatic heterocycles. The number of hydrogen-bond donors (Lipinski definition) is 2. The third-order valence-electron chi connectivity index (χ3n) is 3.51. The van der Waals surface area contributed by atoms with Crippen LogP contribution in [0.15, 0.2) is 30.3 Å². The van der Waals surface area contributed by atoms with Crippen LogP contribution in [0.25, 0.3) is 10.8 Å². The van der Waals surface area contributed by atoms with Gasteiger partial charge in [0.25, 0.3) is 5.60 Å². The number of alkyl halides is 6. The first-order valence-corrected chi connectivity index (χ1v) is 7.03. The first-order valence-electron chi connectivity index (χ1n) is 6.66. The third-order valence-corrected chi connectivity index (χ3v) is 3.82. The Morgan fingerprint density at radius 2 is 1.52 bits per heavy atom. The molecular formula is C15H10ClF6NO2. The Morgan fingerprint density at radius 1 is 1.04 bits per heavy atom. The van der Waals surface area contributed by atoms with E-state index < -0.39 is 40.1 Å². The molecule has 0 aliphatic carbocycles. The Bertz CT molecular complexity index is 817. The van der Waals surface area contributed by atoms with Gasteiger partial charge in [-0.3, -0.25) is 4.79 Å². The van der Waals surface area contributed by atoms with E-state index in [-0.39, 0.29) is 10.8 Å². The van der Waals surface area contributed by atoms with E-state index >= 15 is 0 Å². The molecule has 3 nitrogen and oxygen atoms in total. The van der Waals surface area contributed by atoms with Crippen molar-refractivity contribution in [3.63, 3.8) is 0 Å². The SMILES string of the molecule is CC(=O)Nc1c(C(O)(C(F)(F)F)C(F)(F)F)cc(Cl)c2ccccc12. The Labute approximate surface area is 142 Å². The fourth-order valence-electron chi connectivity index (χ4n) is 2.39. The van der Waals surface area contributed by atoms with Gasteiger partial charge >= 0.3 is 12.4 Å². The summed E-state index contributed by atoms with van der Waals surface area (Å²) < 4.78 is 79.3.